The summed E-state index contributed by atoms with van der Waals surface area (Å²) in [5.74, 6) is -1.13. The third-order valence-electron chi connectivity index (χ3n) is 4.12. The second-order valence-electron chi connectivity index (χ2n) is 6.07. The van der Waals surface area contributed by atoms with Crippen molar-refractivity contribution < 1.29 is 23.8 Å². The molecule has 0 atom stereocenters. The van der Waals surface area contributed by atoms with E-state index in [1.54, 1.807) is 6.07 Å². The van der Waals surface area contributed by atoms with Gasteiger partial charge in [-0.2, -0.15) is 0 Å². The van der Waals surface area contributed by atoms with Crippen molar-refractivity contribution in [3.63, 3.8) is 0 Å². The molecule has 0 saturated heterocycles. The number of hydrogen-bond donors (Lipinski definition) is 1. The fourth-order valence-electron chi connectivity index (χ4n) is 2.64. The number of methoxy groups -OCH3 is 1. The Labute approximate surface area is 179 Å². The third kappa shape index (κ3) is 4.95. The lowest BCUT2D eigenvalue weighted by molar-refractivity contribution is -0.385. The minimum atomic E-state index is -0.777. The fourth-order valence-corrected chi connectivity index (χ4v) is 3.59. The van der Waals surface area contributed by atoms with Crippen LogP contribution in [0.4, 0.5) is 21.5 Å². The molecule has 3 aromatic carbocycles. The van der Waals surface area contributed by atoms with E-state index >= 15 is 0 Å². The maximum Gasteiger partial charge on any atom is 0.271 e. The molecule has 0 heterocycles. The standard InChI is InChI=1S/C20H14FN3O6S/c1-30-17-8-6-13(24(28)29)11-16(17)22-20(25)14-10-12(23(26)27)7-9-18(14)31-19-5-3-2-4-15(19)21/h2-11H,1H3,(H,22,25). The molecule has 9 nitrogen and oxygen atoms in total. The summed E-state index contributed by atoms with van der Waals surface area (Å²) in [6, 6.07) is 13.1. The van der Waals surface area contributed by atoms with Gasteiger partial charge in [0.2, 0.25) is 0 Å². The molecule has 0 spiro atoms. The summed E-state index contributed by atoms with van der Waals surface area (Å²) < 4.78 is 19.2. The summed E-state index contributed by atoms with van der Waals surface area (Å²) in [6.45, 7) is 0. The Morgan fingerprint density at radius 1 is 0.968 bits per heavy atom. The largest absolute Gasteiger partial charge is 0.495 e. The van der Waals surface area contributed by atoms with Gasteiger partial charge in [0.1, 0.15) is 11.6 Å². The molecule has 0 aliphatic heterocycles. The first-order valence-electron chi connectivity index (χ1n) is 8.64. The number of amides is 1. The second-order valence-corrected chi connectivity index (χ2v) is 7.15. The molecule has 0 radical (unpaired) electrons. The number of hydrogen-bond acceptors (Lipinski definition) is 7. The van der Waals surface area contributed by atoms with Crippen LogP contribution in [0, 0.1) is 26.0 Å². The van der Waals surface area contributed by atoms with Crippen LogP contribution in [0.1, 0.15) is 10.4 Å². The van der Waals surface area contributed by atoms with Crippen LogP contribution in [0.2, 0.25) is 0 Å². The summed E-state index contributed by atoms with van der Waals surface area (Å²) >= 11 is 0.920. The normalized spacial score (nSPS) is 10.4. The first kappa shape index (κ1) is 21.7. The van der Waals surface area contributed by atoms with Gasteiger partial charge in [-0.05, 0) is 24.3 Å². The fraction of sp³-hybridized carbons (Fsp3) is 0.0500. The summed E-state index contributed by atoms with van der Waals surface area (Å²) in [4.78, 5) is 34.4. The molecule has 0 bridgehead atoms. The van der Waals surface area contributed by atoms with E-state index < -0.39 is 21.6 Å². The topological polar surface area (TPSA) is 125 Å². The van der Waals surface area contributed by atoms with Crippen molar-refractivity contribution in [3.8, 4) is 5.75 Å². The lowest BCUT2D eigenvalue weighted by Gasteiger charge is -2.13. The number of nitrogens with zero attached hydrogens (tertiary/aromatic N) is 2. The number of nitro groups is 2. The van der Waals surface area contributed by atoms with E-state index in [1.807, 2.05) is 0 Å². The van der Waals surface area contributed by atoms with Crippen molar-refractivity contribution in [2.45, 2.75) is 9.79 Å². The molecular formula is C20H14FN3O6S. The van der Waals surface area contributed by atoms with Crippen molar-refractivity contribution >= 4 is 34.7 Å². The third-order valence-corrected chi connectivity index (χ3v) is 5.24. The first-order valence-corrected chi connectivity index (χ1v) is 9.46. The molecule has 0 aliphatic carbocycles. The van der Waals surface area contributed by atoms with Gasteiger partial charge in [0.15, 0.2) is 0 Å². The van der Waals surface area contributed by atoms with E-state index in [0.717, 1.165) is 23.9 Å². The van der Waals surface area contributed by atoms with Crippen molar-refractivity contribution in [1.29, 1.82) is 0 Å². The van der Waals surface area contributed by atoms with E-state index in [4.69, 9.17) is 4.74 Å². The number of ether oxygens (including phenoxy) is 1. The average molecular weight is 443 g/mol. The predicted octanol–water partition coefficient (Wildman–Crippen LogP) is 5.05. The Morgan fingerprint density at radius 3 is 2.26 bits per heavy atom. The van der Waals surface area contributed by atoms with E-state index in [0.29, 0.717) is 0 Å². The van der Waals surface area contributed by atoms with Gasteiger partial charge in [-0.3, -0.25) is 25.0 Å². The number of rotatable bonds is 7. The van der Waals surface area contributed by atoms with Gasteiger partial charge in [-0.25, -0.2) is 4.39 Å². The molecule has 11 heteroatoms. The maximum absolute atomic E-state index is 14.1. The smallest absolute Gasteiger partial charge is 0.271 e. The molecular weight excluding hydrogens is 429 g/mol. The molecule has 0 aliphatic rings. The van der Waals surface area contributed by atoms with E-state index in [9.17, 15) is 29.4 Å². The summed E-state index contributed by atoms with van der Waals surface area (Å²) in [7, 11) is 1.32. The monoisotopic (exact) mass is 443 g/mol. The SMILES string of the molecule is COc1ccc([N+](=O)[O-])cc1NC(=O)c1cc([N+](=O)[O-])ccc1Sc1ccccc1F. The van der Waals surface area contributed by atoms with Gasteiger partial charge in [-0.15, -0.1) is 0 Å². The summed E-state index contributed by atoms with van der Waals surface area (Å²) in [5.41, 5.74) is -0.712. The number of benzene rings is 3. The Morgan fingerprint density at radius 2 is 1.61 bits per heavy atom. The quantitative estimate of drug-likeness (QED) is 0.400. The highest BCUT2D eigenvalue weighted by atomic mass is 32.2. The lowest BCUT2D eigenvalue weighted by atomic mass is 10.1. The highest BCUT2D eigenvalue weighted by molar-refractivity contribution is 7.99. The van der Waals surface area contributed by atoms with Gasteiger partial charge in [0.05, 0.1) is 28.2 Å². The van der Waals surface area contributed by atoms with Crippen LogP contribution in [-0.4, -0.2) is 22.9 Å². The molecule has 31 heavy (non-hydrogen) atoms. The molecule has 158 valence electrons. The maximum atomic E-state index is 14.1. The lowest BCUT2D eigenvalue weighted by Crippen LogP contribution is -2.14. The number of anilines is 1. The number of non-ortho nitro benzene ring substituents is 2. The highest BCUT2D eigenvalue weighted by Crippen LogP contribution is 2.35. The van der Waals surface area contributed by atoms with E-state index in [1.165, 1.54) is 49.6 Å². The molecule has 0 unspecified atom stereocenters. The molecule has 3 rings (SSSR count). The highest BCUT2D eigenvalue weighted by Gasteiger charge is 2.21. The number of carbonyl (C=O) groups is 1. The minimum absolute atomic E-state index is 0.00930. The number of nitrogens with one attached hydrogen (secondary N) is 1. The Bertz CT molecular complexity index is 1190. The molecule has 0 fully saturated rings. The summed E-state index contributed by atoms with van der Waals surface area (Å²) in [5, 5.41) is 24.7. The van der Waals surface area contributed by atoms with Crippen molar-refractivity contribution in [2.24, 2.45) is 0 Å². The summed E-state index contributed by atoms with van der Waals surface area (Å²) in [6.07, 6.45) is 0. The second kappa shape index (κ2) is 9.22. The van der Waals surface area contributed by atoms with Gasteiger partial charge < -0.3 is 10.1 Å². The number of halogens is 1. The zero-order valence-electron chi connectivity index (χ0n) is 15.9. The van der Waals surface area contributed by atoms with Gasteiger partial charge >= 0.3 is 0 Å². The number of carbonyl (C=O) groups excluding carboxylic acids is 1. The zero-order valence-corrected chi connectivity index (χ0v) is 16.7. The van der Waals surface area contributed by atoms with Crippen LogP contribution in [0.15, 0.2) is 70.5 Å². The molecule has 0 aromatic heterocycles. The van der Waals surface area contributed by atoms with Crippen LogP contribution < -0.4 is 10.1 Å². The van der Waals surface area contributed by atoms with Gasteiger partial charge in [-0.1, -0.05) is 23.9 Å². The minimum Gasteiger partial charge on any atom is -0.495 e. The Balaban J connectivity index is 2.02. The number of nitro benzene ring substituents is 2. The predicted molar refractivity (Wildman–Crippen MR) is 111 cm³/mol. The van der Waals surface area contributed by atoms with Crippen molar-refractivity contribution in [1.82, 2.24) is 0 Å². The van der Waals surface area contributed by atoms with Crippen LogP contribution >= 0.6 is 11.8 Å². The van der Waals surface area contributed by atoms with Gasteiger partial charge in [0, 0.05) is 34.1 Å². The van der Waals surface area contributed by atoms with E-state index in [-0.39, 0.29) is 38.2 Å². The Hall–Kier alpha value is -3.99. The van der Waals surface area contributed by atoms with Crippen LogP contribution in [0.25, 0.3) is 0 Å². The first-order chi connectivity index (χ1) is 14.8. The van der Waals surface area contributed by atoms with Crippen LogP contribution in [0.3, 0.4) is 0 Å². The molecule has 1 N–H and O–H groups in total. The van der Waals surface area contributed by atoms with Crippen molar-refractivity contribution in [2.75, 3.05) is 12.4 Å². The Kier molecular flexibility index (Phi) is 6.46. The van der Waals surface area contributed by atoms with Gasteiger partial charge in [0.25, 0.3) is 17.3 Å². The van der Waals surface area contributed by atoms with E-state index in [2.05, 4.69) is 5.32 Å². The molecule has 1 amide bonds. The molecule has 3 aromatic rings. The molecule has 0 saturated carbocycles. The average Bonchev–Trinajstić information content (AvgIpc) is 2.75. The zero-order chi connectivity index (χ0) is 22.5. The van der Waals surface area contributed by atoms with Crippen LogP contribution in [0.5, 0.6) is 5.75 Å². The van der Waals surface area contributed by atoms with Crippen LogP contribution in [-0.2, 0) is 0 Å². The van der Waals surface area contributed by atoms with Crippen molar-refractivity contribution in [3.05, 3.63) is 92.3 Å².